The van der Waals surface area contributed by atoms with Gasteiger partial charge in [-0.05, 0) is 34.6 Å². The third-order valence-electron chi connectivity index (χ3n) is 1.63. The van der Waals surface area contributed by atoms with E-state index in [4.69, 9.17) is 9.63 Å². The van der Waals surface area contributed by atoms with Crippen LogP contribution >= 0.6 is 7.60 Å². The van der Waals surface area contributed by atoms with Crippen LogP contribution in [0.3, 0.4) is 0 Å². The molecule has 0 radical (unpaired) electrons. The minimum Gasteiger partial charge on any atom is -0.480 e. The maximum absolute atomic E-state index is 11.6. The lowest BCUT2D eigenvalue weighted by Crippen LogP contribution is -2.34. The zero-order valence-electron chi connectivity index (χ0n) is 9.07. The van der Waals surface area contributed by atoms with Gasteiger partial charge in [0.05, 0.1) is 5.60 Å². The molecule has 0 aromatic carbocycles. The molecule has 1 unspecified atom stereocenters. The molecule has 0 saturated carbocycles. The number of rotatable bonds is 3. The van der Waals surface area contributed by atoms with Crippen LogP contribution in [0.1, 0.15) is 34.6 Å². The summed E-state index contributed by atoms with van der Waals surface area (Å²) in [6.45, 7) is 7.11. The van der Waals surface area contributed by atoms with E-state index in [0.717, 1.165) is 0 Å². The second-order valence-corrected chi connectivity index (χ2v) is 6.93. The van der Waals surface area contributed by atoms with Gasteiger partial charge < -0.3 is 14.5 Å². The van der Waals surface area contributed by atoms with Crippen molar-refractivity contribution in [3.05, 3.63) is 0 Å². The molecule has 0 saturated heterocycles. The molecule has 0 aliphatic rings. The summed E-state index contributed by atoms with van der Waals surface area (Å²) in [4.78, 5) is 20.2. The Morgan fingerprint density at radius 3 is 1.79 bits per heavy atom. The molecule has 0 bridgehead atoms. The number of carboxylic acids is 1. The Balaban J connectivity index is 4.98. The van der Waals surface area contributed by atoms with Crippen LogP contribution < -0.4 is 0 Å². The van der Waals surface area contributed by atoms with Gasteiger partial charge in [-0.3, -0.25) is 9.36 Å². The molecule has 0 aromatic rings. The molecule has 2 N–H and O–H groups in total. The summed E-state index contributed by atoms with van der Waals surface area (Å²) in [5, 5.41) is 6.97. The summed E-state index contributed by atoms with van der Waals surface area (Å²) >= 11 is 0. The minimum absolute atomic E-state index is 0.850. The molecule has 6 heteroatoms. The Bertz CT molecular complexity index is 276. The SMILES string of the molecule is CC(C)(C)OP(=O)(O)C(C)(C)C(=O)O. The fourth-order valence-corrected chi connectivity index (χ4v) is 1.82. The minimum atomic E-state index is -4.17. The highest BCUT2D eigenvalue weighted by atomic mass is 31.2. The van der Waals surface area contributed by atoms with Gasteiger partial charge in [-0.2, -0.15) is 0 Å². The fourth-order valence-electron chi connectivity index (χ4n) is 0.606. The van der Waals surface area contributed by atoms with Gasteiger partial charge in [-0.25, -0.2) is 0 Å². The van der Waals surface area contributed by atoms with Gasteiger partial charge in [0.25, 0.3) is 0 Å². The molecule has 0 aliphatic carbocycles. The van der Waals surface area contributed by atoms with Crippen LogP contribution in [-0.4, -0.2) is 26.7 Å². The van der Waals surface area contributed by atoms with Crippen molar-refractivity contribution in [1.82, 2.24) is 0 Å². The molecular formula is C8H17O5P. The van der Waals surface area contributed by atoms with Crippen LogP contribution in [0, 0.1) is 0 Å². The normalized spacial score (nSPS) is 17.6. The maximum atomic E-state index is 11.6. The van der Waals surface area contributed by atoms with Gasteiger partial charge in [0.15, 0.2) is 5.16 Å². The van der Waals surface area contributed by atoms with E-state index in [9.17, 15) is 14.3 Å². The third-order valence-corrected chi connectivity index (χ3v) is 4.03. The van der Waals surface area contributed by atoms with E-state index in [0.29, 0.717) is 0 Å². The second kappa shape index (κ2) is 3.65. The first kappa shape index (κ1) is 13.6. The average Bonchev–Trinajstić information content (AvgIpc) is 1.80. The van der Waals surface area contributed by atoms with Gasteiger partial charge >= 0.3 is 13.6 Å². The highest BCUT2D eigenvalue weighted by Gasteiger charge is 2.49. The quantitative estimate of drug-likeness (QED) is 0.714. The second-order valence-electron chi connectivity index (χ2n) is 4.59. The van der Waals surface area contributed by atoms with E-state index in [1.54, 1.807) is 20.8 Å². The Labute approximate surface area is 83.6 Å². The molecule has 0 aromatic heterocycles. The van der Waals surface area contributed by atoms with Crippen LogP contribution in [0.25, 0.3) is 0 Å². The highest BCUT2D eigenvalue weighted by Crippen LogP contribution is 2.57. The Morgan fingerprint density at radius 2 is 1.57 bits per heavy atom. The van der Waals surface area contributed by atoms with Crippen molar-refractivity contribution in [1.29, 1.82) is 0 Å². The van der Waals surface area contributed by atoms with E-state index in [1.807, 2.05) is 0 Å². The number of carboxylic acid groups (broad SMARTS) is 1. The van der Waals surface area contributed by atoms with Crippen molar-refractivity contribution in [3.63, 3.8) is 0 Å². The first-order valence-corrected chi connectivity index (χ1v) is 5.75. The van der Waals surface area contributed by atoms with Crippen LogP contribution in [0.15, 0.2) is 0 Å². The summed E-state index contributed by atoms with van der Waals surface area (Å²) < 4.78 is 16.5. The first-order chi connectivity index (χ1) is 5.90. The van der Waals surface area contributed by atoms with Crippen molar-refractivity contribution >= 4 is 13.6 Å². The molecule has 0 fully saturated rings. The number of aliphatic carboxylic acids is 1. The van der Waals surface area contributed by atoms with Crippen LogP contribution in [-0.2, 0) is 13.9 Å². The standard InChI is InChI=1S/C8H17O5P/c1-7(2,3)13-14(11,12)8(4,5)6(9)10/h1-5H3,(H,9,10)(H,11,12). The van der Waals surface area contributed by atoms with E-state index in [1.165, 1.54) is 13.8 Å². The van der Waals surface area contributed by atoms with Crippen LogP contribution in [0.5, 0.6) is 0 Å². The van der Waals surface area contributed by atoms with Crippen LogP contribution in [0.4, 0.5) is 0 Å². The summed E-state index contributed by atoms with van der Waals surface area (Å²) in [7, 11) is -4.17. The first-order valence-electron chi connectivity index (χ1n) is 4.17. The van der Waals surface area contributed by atoms with E-state index in [-0.39, 0.29) is 0 Å². The molecule has 0 rings (SSSR count). The van der Waals surface area contributed by atoms with E-state index >= 15 is 0 Å². The smallest absolute Gasteiger partial charge is 0.345 e. The van der Waals surface area contributed by atoms with Crippen molar-refractivity contribution in [2.45, 2.75) is 45.4 Å². The molecule has 0 spiro atoms. The summed E-state index contributed by atoms with van der Waals surface area (Å²) in [6, 6.07) is 0. The highest BCUT2D eigenvalue weighted by molar-refractivity contribution is 7.55. The molecule has 5 nitrogen and oxygen atoms in total. The molecule has 1 atom stereocenters. The topological polar surface area (TPSA) is 83.8 Å². The summed E-state index contributed by atoms with van der Waals surface area (Å²) in [5.74, 6) is -1.35. The van der Waals surface area contributed by atoms with Gasteiger partial charge in [0.2, 0.25) is 0 Å². The summed E-state index contributed by atoms with van der Waals surface area (Å²) in [6.07, 6.45) is 0. The van der Waals surface area contributed by atoms with Crippen LogP contribution in [0.2, 0.25) is 0 Å². The third kappa shape index (κ3) is 3.08. The molecule has 14 heavy (non-hydrogen) atoms. The zero-order chi connectivity index (χ0) is 11.8. The Kier molecular flexibility index (Phi) is 3.55. The van der Waals surface area contributed by atoms with Gasteiger partial charge in [-0.1, -0.05) is 0 Å². The van der Waals surface area contributed by atoms with Crippen molar-refractivity contribution in [2.75, 3.05) is 0 Å². The lowest BCUT2D eigenvalue weighted by Gasteiger charge is -2.31. The number of hydrogen-bond acceptors (Lipinski definition) is 3. The molecule has 0 heterocycles. The lowest BCUT2D eigenvalue weighted by atomic mass is 10.2. The fraction of sp³-hybridized carbons (Fsp3) is 0.875. The molecule has 0 amide bonds. The maximum Gasteiger partial charge on any atom is 0.345 e. The van der Waals surface area contributed by atoms with Crippen molar-refractivity contribution in [2.24, 2.45) is 0 Å². The zero-order valence-corrected chi connectivity index (χ0v) is 9.96. The van der Waals surface area contributed by atoms with E-state index in [2.05, 4.69) is 0 Å². The lowest BCUT2D eigenvalue weighted by molar-refractivity contribution is -0.139. The predicted molar refractivity (Wildman–Crippen MR) is 52.4 cm³/mol. The molecular weight excluding hydrogens is 207 g/mol. The Morgan fingerprint density at radius 1 is 1.21 bits per heavy atom. The van der Waals surface area contributed by atoms with E-state index < -0.39 is 24.3 Å². The number of hydrogen-bond donors (Lipinski definition) is 2. The predicted octanol–water partition coefficient (Wildman–Crippen LogP) is 1.85. The van der Waals surface area contributed by atoms with Gasteiger partial charge in [0.1, 0.15) is 0 Å². The van der Waals surface area contributed by atoms with Gasteiger partial charge in [0, 0.05) is 0 Å². The molecule has 0 aliphatic heterocycles. The summed E-state index contributed by atoms with van der Waals surface area (Å²) in [5.41, 5.74) is -0.850. The largest absolute Gasteiger partial charge is 0.480 e. The van der Waals surface area contributed by atoms with Crippen molar-refractivity contribution in [3.8, 4) is 0 Å². The Hall–Kier alpha value is -0.380. The van der Waals surface area contributed by atoms with Gasteiger partial charge in [-0.15, -0.1) is 0 Å². The monoisotopic (exact) mass is 224 g/mol. The average molecular weight is 224 g/mol. The van der Waals surface area contributed by atoms with Crippen molar-refractivity contribution < 1.29 is 23.9 Å². The number of carbonyl (C=O) groups is 1. The molecule has 84 valence electrons.